The van der Waals surface area contributed by atoms with E-state index >= 15 is 0 Å². The number of hydrogen-bond donors (Lipinski definition) is 3. The first-order valence-corrected chi connectivity index (χ1v) is 8.98. The van der Waals surface area contributed by atoms with Crippen LogP contribution in [0.3, 0.4) is 0 Å². The first-order chi connectivity index (χ1) is 10.9. The summed E-state index contributed by atoms with van der Waals surface area (Å²) in [5.74, 6) is -0.734. The second-order valence-corrected chi connectivity index (χ2v) is 8.15. The molecular formula is C18H27NO4. The van der Waals surface area contributed by atoms with Gasteiger partial charge in [0.25, 0.3) is 0 Å². The van der Waals surface area contributed by atoms with Crippen LogP contribution in [-0.2, 0) is 9.53 Å². The van der Waals surface area contributed by atoms with Crippen LogP contribution in [0.5, 0.6) is 0 Å². The normalized spacial score (nSPS) is 46.6. The Labute approximate surface area is 136 Å². The van der Waals surface area contributed by atoms with Gasteiger partial charge in [-0.15, -0.1) is 0 Å². The van der Waals surface area contributed by atoms with Crippen molar-refractivity contribution in [2.24, 2.45) is 17.1 Å². The van der Waals surface area contributed by atoms with Crippen LogP contribution in [0, 0.1) is 11.3 Å². The molecule has 128 valence electrons. The van der Waals surface area contributed by atoms with Crippen molar-refractivity contribution >= 4 is 5.97 Å². The van der Waals surface area contributed by atoms with Gasteiger partial charge in [0.2, 0.25) is 0 Å². The number of fused-ring (bicyclic) bond motifs is 1. The highest BCUT2D eigenvalue weighted by atomic mass is 16.5. The average molecular weight is 321 g/mol. The number of nitrogens with two attached hydrogens (primary N) is 1. The lowest BCUT2D eigenvalue weighted by atomic mass is 9.73. The molecule has 0 aromatic rings. The van der Waals surface area contributed by atoms with Crippen LogP contribution in [0.4, 0.5) is 0 Å². The summed E-state index contributed by atoms with van der Waals surface area (Å²) in [6.45, 7) is 0.605. The molecule has 0 radical (unpaired) electrons. The Bertz CT molecular complexity index is 549. The lowest BCUT2D eigenvalue weighted by molar-refractivity contribution is -0.174. The van der Waals surface area contributed by atoms with Crippen molar-refractivity contribution in [3.63, 3.8) is 0 Å². The number of rotatable bonds is 1. The van der Waals surface area contributed by atoms with E-state index in [0.29, 0.717) is 31.4 Å². The fourth-order valence-electron chi connectivity index (χ4n) is 5.56. The summed E-state index contributed by atoms with van der Waals surface area (Å²) in [7, 11) is 0. The molecule has 0 unspecified atom stereocenters. The molecule has 1 spiro atoms. The second kappa shape index (κ2) is 5.30. The van der Waals surface area contributed by atoms with E-state index in [-0.39, 0.29) is 5.41 Å². The number of carboxylic acid groups (broad SMARTS) is 1. The van der Waals surface area contributed by atoms with E-state index < -0.39 is 17.7 Å². The second-order valence-electron chi connectivity index (χ2n) is 8.15. The minimum absolute atomic E-state index is 0.0620. The number of carbonyl (C=O) groups is 1. The van der Waals surface area contributed by atoms with Gasteiger partial charge in [0.15, 0.2) is 5.60 Å². The zero-order chi connectivity index (χ0) is 16.2. The Hall–Kier alpha value is -0.910. The van der Waals surface area contributed by atoms with Crippen LogP contribution in [0.1, 0.15) is 57.8 Å². The van der Waals surface area contributed by atoms with Crippen LogP contribution in [-0.4, -0.2) is 40.5 Å². The van der Waals surface area contributed by atoms with Crippen molar-refractivity contribution in [2.45, 2.75) is 75.5 Å². The molecule has 4 atom stereocenters. The maximum atomic E-state index is 11.6. The monoisotopic (exact) mass is 321 g/mol. The van der Waals surface area contributed by atoms with Crippen LogP contribution < -0.4 is 5.73 Å². The zero-order valence-corrected chi connectivity index (χ0v) is 13.6. The quantitative estimate of drug-likeness (QED) is 0.642. The molecular weight excluding hydrogens is 294 g/mol. The van der Waals surface area contributed by atoms with E-state index in [2.05, 4.69) is 0 Å². The van der Waals surface area contributed by atoms with Crippen molar-refractivity contribution in [1.29, 1.82) is 0 Å². The van der Waals surface area contributed by atoms with E-state index in [1.165, 1.54) is 0 Å². The molecule has 1 aliphatic heterocycles. The highest BCUT2D eigenvalue weighted by Crippen LogP contribution is 2.60. The summed E-state index contributed by atoms with van der Waals surface area (Å²) in [6.07, 6.45) is 7.74. The molecule has 0 aromatic heterocycles. The first-order valence-electron chi connectivity index (χ1n) is 8.98. The van der Waals surface area contributed by atoms with Gasteiger partial charge < -0.3 is 20.7 Å². The summed E-state index contributed by atoms with van der Waals surface area (Å²) in [4.78, 5) is 11.6. The standard InChI is InChI=1S/C18H27NO4/c19-12-3-1-11(2-4-12)13-5-7-17-9-15(23-10-17)18(22,16(20)21)8-6-14(13)17/h12,14-15,22H,1-10,19H2,(H,20,21)/t12?,14-,15+,17+,18+/m0/s1. The molecule has 23 heavy (non-hydrogen) atoms. The molecule has 1 saturated heterocycles. The number of ether oxygens (including phenoxy) is 1. The van der Waals surface area contributed by atoms with Gasteiger partial charge >= 0.3 is 5.97 Å². The van der Waals surface area contributed by atoms with E-state index in [4.69, 9.17) is 10.5 Å². The average Bonchev–Trinajstić information content (AvgIpc) is 3.08. The number of aliphatic carboxylic acids is 1. The smallest absolute Gasteiger partial charge is 0.338 e. The Kier molecular flexibility index (Phi) is 3.59. The van der Waals surface area contributed by atoms with E-state index in [1.807, 2.05) is 0 Å². The zero-order valence-electron chi connectivity index (χ0n) is 13.6. The maximum absolute atomic E-state index is 11.6. The molecule has 2 bridgehead atoms. The summed E-state index contributed by atoms with van der Waals surface area (Å²) in [5, 5.41) is 20.1. The van der Waals surface area contributed by atoms with Crippen LogP contribution in [0.25, 0.3) is 0 Å². The van der Waals surface area contributed by atoms with Gasteiger partial charge in [-0.25, -0.2) is 4.79 Å². The SMILES string of the molecule is NC1CCC(=C2CC[C@]34CO[C@H](C3)[C@@](O)(C(=O)O)CC[C@@H]24)CC1. The Morgan fingerprint density at radius 1 is 1.17 bits per heavy atom. The van der Waals surface area contributed by atoms with E-state index in [9.17, 15) is 15.0 Å². The van der Waals surface area contributed by atoms with Gasteiger partial charge in [-0.1, -0.05) is 11.1 Å². The van der Waals surface area contributed by atoms with Crippen molar-refractivity contribution in [3.05, 3.63) is 11.1 Å². The van der Waals surface area contributed by atoms with Gasteiger partial charge in [-0.3, -0.25) is 0 Å². The number of carboxylic acids is 1. The molecule has 3 aliphatic carbocycles. The van der Waals surface area contributed by atoms with Crippen molar-refractivity contribution in [2.75, 3.05) is 6.61 Å². The van der Waals surface area contributed by atoms with Crippen LogP contribution in [0.2, 0.25) is 0 Å². The summed E-state index contributed by atoms with van der Waals surface area (Å²) < 4.78 is 5.82. The van der Waals surface area contributed by atoms with E-state index in [0.717, 1.165) is 44.9 Å². The predicted octanol–water partition coefficient (Wildman–Crippen LogP) is 1.98. The molecule has 5 heteroatoms. The van der Waals surface area contributed by atoms with Gasteiger partial charge in [-0.2, -0.15) is 0 Å². The third-order valence-corrected chi connectivity index (χ3v) is 7.02. The molecule has 4 aliphatic rings. The third-order valence-electron chi connectivity index (χ3n) is 7.02. The fraction of sp³-hybridized carbons (Fsp3) is 0.833. The minimum Gasteiger partial charge on any atom is -0.479 e. The Morgan fingerprint density at radius 3 is 2.61 bits per heavy atom. The van der Waals surface area contributed by atoms with Crippen molar-refractivity contribution < 1.29 is 19.7 Å². The Morgan fingerprint density at radius 2 is 1.91 bits per heavy atom. The molecule has 5 nitrogen and oxygen atoms in total. The highest BCUT2D eigenvalue weighted by molar-refractivity contribution is 5.78. The topological polar surface area (TPSA) is 92.8 Å². The fourth-order valence-corrected chi connectivity index (χ4v) is 5.56. The van der Waals surface area contributed by atoms with Crippen molar-refractivity contribution in [1.82, 2.24) is 0 Å². The van der Waals surface area contributed by atoms with Gasteiger partial charge in [-0.05, 0) is 63.7 Å². The summed E-state index contributed by atoms with van der Waals surface area (Å²) >= 11 is 0. The Balaban J connectivity index is 1.65. The molecule has 1 heterocycles. The highest BCUT2D eigenvalue weighted by Gasteiger charge is 2.60. The van der Waals surface area contributed by atoms with Gasteiger partial charge in [0, 0.05) is 11.5 Å². The summed E-state index contributed by atoms with van der Waals surface area (Å²) in [5.41, 5.74) is 7.51. The van der Waals surface area contributed by atoms with Gasteiger partial charge in [0.1, 0.15) is 0 Å². The lowest BCUT2D eigenvalue weighted by Crippen LogP contribution is -2.49. The molecule has 4 fully saturated rings. The van der Waals surface area contributed by atoms with Gasteiger partial charge in [0.05, 0.1) is 12.7 Å². The minimum atomic E-state index is -1.71. The molecule has 0 aromatic carbocycles. The van der Waals surface area contributed by atoms with Crippen LogP contribution >= 0.6 is 0 Å². The van der Waals surface area contributed by atoms with Crippen LogP contribution in [0.15, 0.2) is 11.1 Å². The van der Waals surface area contributed by atoms with E-state index in [1.54, 1.807) is 11.1 Å². The largest absolute Gasteiger partial charge is 0.479 e. The first kappa shape index (κ1) is 15.6. The summed E-state index contributed by atoms with van der Waals surface area (Å²) in [6, 6.07) is 0.333. The number of allylic oxidation sites excluding steroid dienone is 2. The molecule has 4 N–H and O–H groups in total. The number of aliphatic hydroxyl groups is 1. The molecule has 3 saturated carbocycles. The predicted molar refractivity (Wildman–Crippen MR) is 84.8 cm³/mol. The lowest BCUT2D eigenvalue weighted by Gasteiger charge is -2.32. The molecule has 0 amide bonds. The van der Waals surface area contributed by atoms with Crippen molar-refractivity contribution in [3.8, 4) is 0 Å². The maximum Gasteiger partial charge on any atom is 0.338 e. The number of hydrogen-bond acceptors (Lipinski definition) is 4. The third kappa shape index (κ3) is 2.28. The molecule has 4 rings (SSSR count).